The second-order valence-electron chi connectivity index (χ2n) is 3.81. The Morgan fingerprint density at radius 2 is 2.00 bits per heavy atom. The van der Waals surface area contributed by atoms with Crippen LogP contribution in [0.3, 0.4) is 0 Å². The Kier molecular flexibility index (Phi) is 4.22. The van der Waals surface area contributed by atoms with Crippen LogP contribution in [0.5, 0.6) is 0 Å². The third kappa shape index (κ3) is 2.33. The van der Waals surface area contributed by atoms with Crippen LogP contribution in [0.1, 0.15) is 25.8 Å². The number of hydrogen-bond acceptors (Lipinski definition) is 2. The van der Waals surface area contributed by atoms with Crippen LogP contribution < -0.4 is 0 Å². The van der Waals surface area contributed by atoms with Gasteiger partial charge in [0, 0.05) is 0 Å². The molecule has 0 aliphatic carbocycles. The van der Waals surface area contributed by atoms with Gasteiger partial charge >= 0.3 is 5.97 Å². The summed E-state index contributed by atoms with van der Waals surface area (Å²) >= 11 is 11.8. The minimum atomic E-state index is -0.678. The van der Waals surface area contributed by atoms with Crippen molar-refractivity contribution in [2.24, 2.45) is 0 Å². The lowest BCUT2D eigenvalue weighted by molar-refractivity contribution is -0.147. The van der Waals surface area contributed by atoms with Gasteiger partial charge in [-0.15, -0.1) is 0 Å². The number of benzene rings is 1. The SMILES string of the molecule is CCC(C)(C(=O)OC)c1ccc(Cl)c(Cl)c1. The maximum atomic E-state index is 11.8. The van der Waals surface area contributed by atoms with Crippen molar-refractivity contribution in [3.05, 3.63) is 33.8 Å². The van der Waals surface area contributed by atoms with Crippen molar-refractivity contribution < 1.29 is 9.53 Å². The molecule has 1 rings (SSSR count). The number of hydrogen-bond donors (Lipinski definition) is 0. The molecule has 2 nitrogen and oxygen atoms in total. The summed E-state index contributed by atoms with van der Waals surface area (Å²) in [7, 11) is 1.38. The van der Waals surface area contributed by atoms with Crippen LogP contribution in [0.4, 0.5) is 0 Å². The summed E-state index contributed by atoms with van der Waals surface area (Å²) in [6, 6.07) is 5.20. The topological polar surface area (TPSA) is 26.3 Å². The molecule has 1 aromatic carbocycles. The first-order valence-corrected chi connectivity index (χ1v) is 5.75. The Labute approximate surface area is 106 Å². The number of halogens is 2. The summed E-state index contributed by atoms with van der Waals surface area (Å²) in [5.41, 5.74) is 0.138. The Morgan fingerprint density at radius 1 is 1.38 bits per heavy atom. The third-order valence-electron chi connectivity index (χ3n) is 2.90. The van der Waals surface area contributed by atoms with E-state index in [1.54, 1.807) is 18.2 Å². The molecule has 0 radical (unpaired) electrons. The molecular formula is C12H14Cl2O2. The highest BCUT2D eigenvalue weighted by molar-refractivity contribution is 6.42. The number of ether oxygens (including phenoxy) is 1. The molecule has 0 bridgehead atoms. The van der Waals surface area contributed by atoms with E-state index in [0.717, 1.165) is 5.56 Å². The standard InChI is InChI=1S/C12H14Cl2O2/c1-4-12(2,11(15)16-3)8-5-6-9(13)10(14)7-8/h5-7H,4H2,1-3H3. The van der Waals surface area contributed by atoms with E-state index < -0.39 is 5.41 Å². The Bertz CT molecular complexity index is 404. The molecule has 1 aromatic rings. The Hall–Kier alpha value is -0.730. The molecule has 0 N–H and O–H groups in total. The van der Waals surface area contributed by atoms with Gasteiger partial charge in [-0.05, 0) is 31.0 Å². The predicted octanol–water partition coefficient (Wildman–Crippen LogP) is 3.83. The maximum Gasteiger partial charge on any atom is 0.315 e. The highest BCUT2D eigenvalue weighted by Crippen LogP contribution is 2.33. The number of esters is 1. The molecule has 16 heavy (non-hydrogen) atoms. The molecule has 1 unspecified atom stereocenters. The highest BCUT2D eigenvalue weighted by atomic mass is 35.5. The fourth-order valence-corrected chi connectivity index (χ4v) is 1.83. The maximum absolute atomic E-state index is 11.8. The molecule has 0 saturated carbocycles. The Balaban J connectivity index is 3.23. The molecule has 0 aliphatic heterocycles. The van der Waals surface area contributed by atoms with Gasteiger partial charge in [0.2, 0.25) is 0 Å². The van der Waals surface area contributed by atoms with Crippen molar-refractivity contribution in [2.75, 3.05) is 7.11 Å². The normalized spacial score (nSPS) is 14.3. The summed E-state index contributed by atoms with van der Waals surface area (Å²) in [6.45, 7) is 3.76. The van der Waals surface area contributed by atoms with Crippen LogP contribution >= 0.6 is 23.2 Å². The molecule has 4 heteroatoms. The van der Waals surface area contributed by atoms with E-state index in [4.69, 9.17) is 27.9 Å². The summed E-state index contributed by atoms with van der Waals surface area (Å²) < 4.78 is 4.82. The zero-order valence-corrected chi connectivity index (χ0v) is 11.0. The molecule has 0 aliphatic rings. The van der Waals surface area contributed by atoms with Gasteiger partial charge in [-0.25, -0.2) is 0 Å². The smallest absolute Gasteiger partial charge is 0.315 e. The van der Waals surface area contributed by atoms with E-state index in [9.17, 15) is 4.79 Å². The van der Waals surface area contributed by atoms with Crippen LogP contribution in [0, 0.1) is 0 Å². The first-order chi connectivity index (χ1) is 7.45. The average Bonchev–Trinajstić information content (AvgIpc) is 2.30. The van der Waals surface area contributed by atoms with Crippen LogP contribution in [0.25, 0.3) is 0 Å². The van der Waals surface area contributed by atoms with Crippen molar-refractivity contribution in [1.29, 1.82) is 0 Å². The van der Waals surface area contributed by atoms with Crippen molar-refractivity contribution in [3.63, 3.8) is 0 Å². The van der Waals surface area contributed by atoms with Crippen molar-refractivity contribution >= 4 is 29.2 Å². The lowest BCUT2D eigenvalue weighted by Crippen LogP contribution is -2.33. The van der Waals surface area contributed by atoms with Crippen LogP contribution in [0.15, 0.2) is 18.2 Å². The fraction of sp³-hybridized carbons (Fsp3) is 0.417. The lowest BCUT2D eigenvalue weighted by Gasteiger charge is -2.25. The van der Waals surface area contributed by atoms with Crippen molar-refractivity contribution in [3.8, 4) is 0 Å². The minimum absolute atomic E-state index is 0.270. The first-order valence-electron chi connectivity index (χ1n) is 4.99. The molecule has 1 atom stereocenters. The van der Waals surface area contributed by atoms with Crippen molar-refractivity contribution in [2.45, 2.75) is 25.7 Å². The van der Waals surface area contributed by atoms with E-state index in [-0.39, 0.29) is 5.97 Å². The van der Waals surface area contributed by atoms with E-state index in [1.165, 1.54) is 7.11 Å². The average molecular weight is 261 g/mol. The van der Waals surface area contributed by atoms with E-state index in [1.807, 2.05) is 13.8 Å². The molecule has 0 amide bonds. The lowest BCUT2D eigenvalue weighted by atomic mass is 9.80. The number of carbonyl (C=O) groups is 1. The molecule has 0 fully saturated rings. The monoisotopic (exact) mass is 260 g/mol. The summed E-state index contributed by atoms with van der Waals surface area (Å²) in [6.07, 6.45) is 0.637. The molecular weight excluding hydrogens is 247 g/mol. The second kappa shape index (κ2) is 5.07. The fourth-order valence-electron chi connectivity index (χ4n) is 1.53. The van der Waals surface area contributed by atoms with E-state index in [0.29, 0.717) is 16.5 Å². The zero-order valence-electron chi connectivity index (χ0n) is 9.51. The summed E-state index contributed by atoms with van der Waals surface area (Å²) in [4.78, 5) is 11.8. The Morgan fingerprint density at radius 3 is 2.44 bits per heavy atom. The molecule has 0 aromatic heterocycles. The third-order valence-corrected chi connectivity index (χ3v) is 3.64. The van der Waals surface area contributed by atoms with Gasteiger partial charge in [0.15, 0.2) is 0 Å². The van der Waals surface area contributed by atoms with Gasteiger partial charge in [-0.3, -0.25) is 4.79 Å². The molecule has 88 valence electrons. The van der Waals surface area contributed by atoms with E-state index in [2.05, 4.69) is 0 Å². The van der Waals surface area contributed by atoms with Crippen LogP contribution in [-0.4, -0.2) is 13.1 Å². The van der Waals surface area contributed by atoms with Crippen LogP contribution in [0.2, 0.25) is 10.0 Å². The van der Waals surface area contributed by atoms with Gasteiger partial charge in [0.25, 0.3) is 0 Å². The first kappa shape index (κ1) is 13.3. The van der Waals surface area contributed by atoms with Gasteiger partial charge in [0.05, 0.1) is 22.6 Å². The predicted molar refractivity (Wildman–Crippen MR) is 66.1 cm³/mol. The summed E-state index contributed by atoms with van der Waals surface area (Å²) in [5, 5.41) is 0.927. The number of methoxy groups -OCH3 is 1. The zero-order chi connectivity index (χ0) is 12.3. The van der Waals surface area contributed by atoms with E-state index >= 15 is 0 Å². The number of rotatable bonds is 3. The minimum Gasteiger partial charge on any atom is -0.468 e. The van der Waals surface area contributed by atoms with Crippen molar-refractivity contribution in [1.82, 2.24) is 0 Å². The van der Waals surface area contributed by atoms with Gasteiger partial charge in [-0.1, -0.05) is 36.2 Å². The quantitative estimate of drug-likeness (QED) is 0.773. The van der Waals surface area contributed by atoms with Gasteiger partial charge in [-0.2, -0.15) is 0 Å². The largest absolute Gasteiger partial charge is 0.468 e. The summed E-state index contributed by atoms with van der Waals surface area (Å²) in [5.74, 6) is -0.270. The van der Waals surface area contributed by atoms with Gasteiger partial charge < -0.3 is 4.74 Å². The number of carbonyl (C=O) groups excluding carboxylic acids is 1. The second-order valence-corrected chi connectivity index (χ2v) is 4.62. The highest BCUT2D eigenvalue weighted by Gasteiger charge is 2.34. The molecule has 0 saturated heterocycles. The molecule has 0 spiro atoms. The molecule has 0 heterocycles. The van der Waals surface area contributed by atoms with Gasteiger partial charge in [0.1, 0.15) is 0 Å². The van der Waals surface area contributed by atoms with Crippen LogP contribution in [-0.2, 0) is 14.9 Å².